The van der Waals surface area contributed by atoms with Gasteiger partial charge < -0.3 is 10.4 Å². The zero-order chi connectivity index (χ0) is 16.4. The molecule has 0 aliphatic rings. The number of carboxylic acids is 1. The van der Waals surface area contributed by atoms with Crippen LogP contribution in [0.4, 0.5) is 0 Å². The van der Waals surface area contributed by atoms with Crippen molar-refractivity contribution in [3.8, 4) is 0 Å². The molecule has 0 spiro atoms. The van der Waals surface area contributed by atoms with Gasteiger partial charge in [0.25, 0.3) is 5.91 Å². The lowest BCUT2D eigenvalue weighted by atomic mass is 10.0. The van der Waals surface area contributed by atoms with E-state index in [1.54, 1.807) is 23.6 Å². The number of nitrogens with one attached hydrogen (secondary N) is 1. The van der Waals surface area contributed by atoms with Crippen LogP contribution >= 0.6 is 15.9 Å². The minimum atomic E-state index is -1.03. The van der Waals surface area contributed by atoms with Crippen LogP contribution in [0.25, 0.3) is 5.65 Å². The molecule has 0 saturated heterocycles. The maximum Gasteiger partial charge on any atom is 0.326 e. The third-order valence-electron chi connectivity index (χ3n) is 3.28. The van der Waals surface area contributed by atoms with E-state index in [2.05, 4.69) is 26.2 Å². The molecule has 1 unspecified atom stereocenters. The molecule has 6 nitrogen and oxygen atoms in total. The van der Waals surface area contributed by atoms with Gasteiger partial charge in [-0.25, -0.2) is 9.78 Å². The standard InChI is InChI=1S/C15H18BrN3O3/c1-8(2)6-11(15(21)22)18-14(20)13-9(3)17-12-5-4-10(16)7-19(12)13/h4-5,7-8,11H,6H2,1-3H3,(H,18,20)(H,21,22). The highest BCUT2D eigenvalue weighted by Gasteiger charge is 2.24. The van der Waals surface area contributed by atoms with E-state index < -0.39 is 17.9 Å². The molecule has 22 heavy (non-hydrogen) atoms. The van der Waals surface area contributed by atoms with Gasteiger partial charge in [-0.3, -0.25) is 9.20 Å². The average Bonchev–Trinajstić information content (AvgIpc) is 2.72. The van der Waals surface area contributed by atoms with Gasteiger partial charge in [0.15, 0.2) is 0 Å². The van der Waals surface area contributed by atoms with Crippen LogP contribution in [-0.2, 0) is 4.79 Å². The van der Waals surface area contributed by atoms with Crippen molar-refractivity contribution in [3.63, 3.8) is 0 Å². The predicted octanol–water partition coefficient (Wildman–Crippen LogP) is 2.63. The molecule has 0 aliphatic heterocycles. The number of amides is 1. The molecule has 0 aliphatic carbocycles. The molecular formula is C15H18BrN3O3. The molecule has 2 N–H and O–H groups in total. The third-order valence-corrected chi connectivity index (χ3v) is 3.75. The molecule has 0 bridgehead atoms. The number of rotatable bonds is 5. The summed E-state index contributed by atoms with van der Waals surface area (Å²) in [7, 11) is 0. The Morgan fingerprint density at radius 1 is 1.41 bits per heavy atom. The zero-order valence-electron chi connectivity index (χ0n) is 12.6. The Kier molecular flexibility index (Phi) is 4.85. The van der Waals surface area contributed by atoms with Crippen molar-refractivity contribution >= 4 is 33.5 Å². The first kappa shape index (κ1) is 16.5. The molecule has 2 aromatic heterocycles. The lowest BCUT2D eigenvalue weighted by Gasteiger charge is -2.16. The van der Waals surface area contributed by atoms with Gasteiger partial charge in [0.05, 0.1) is 5.69 Å². The number of nitrogens with zero attached hydrogens (tertiary/aromatic N) is 2. The summed E-state index contributed by atoms with van der Waals surface area (Å²) >= 11 is 3.36. The number of pyridine rings is 1. The highest BCUT2D eigenvalue weighted by atomic mass is 79.9. The second-order valence-corrected chi connectivity index (χ2v) is 6.53. The first-order valence-corrected chi connectivity index (χ1v) is 7.76. The molecule has 2 rings (SSSR count). The predicted molar refractivity (Wildman–Crippen MR) is 86.0 cm³/mol. The molecule has 2 heterocycles. The van der Waals surface area contributed by atoms with Crippen molar-refractivity contribution in [1.29, 1.82) is 0 Å². The lowest BCUT2D eigenvalue weighted by Crippen LogP contribution is -2.42. The molecule has 0 aromatic carbocycles. The number of carboxylic acid groups (broad SMARTS) is 1. The normalized spacial score (nSPS) is 12.6. The summed E-state index contributed by atoms with van der Waals surface area (Å²) in [6.45, 7) is 5.56. The van der Waals surface area contributed by atoms with E-state index in [1.807, 2.05) is 19.9 Å². The summed E-state index contributed by atoms with van der Waals surface area (Å²) < 4.78 is 2.46. The van der Waals surface area contributed by atoms with Crippen LogP contribution in [-0.4, -0.2) is 32.4 Å². The van der Waals surface area contributed by atoms with Crippen LogP contribution in [0, 0.1) is 12.8 Å². The number of hydrogen-bond acceptors (Lipinski definition) is 3. The van der Waals surface area contributed by atoms with Crippen molar-refractivity contribution < 1.29 is 14.7 Å². The Morgan fingerprint density at radius 3 is 2.68 bits per heavy atom. The number of fused-ring (bicyclic) bond motifs is 1. The summed E-state index contributed by atoms with van der Waals surface area (Å²) in [5, 5.41) is 11.8. The number of hydrogen-bond donors (Lipinski definition) is 2. The van der Waals surface area contributed by atoms with E-state index in [4.69, 9.17) is 0 Å². The quantitative estimate of drug-likeness (QED) is 0.850. The van der Waals surface area contributed by atoms with Gasteiger partial charge >= 0.3 is 5.97 Å². The minimum Gasteiger partial charge on any atom is -0.480 e. The Balaban J connectivity index is 2.34. The summed E-state index contributed by atoms with van der Waals surface area (Å²) in [6, 6.07) is 2.71. The van der Waals surface area contributed by atoms with Gasteiger partial charge in [0.1, 0.15) is 17.4 Å². The summed E-state index contributed by atoms with van der Waals surface area (Å²) in [5.41, 5.74) is 1.55. The molecule has 118 valence electrons. The largest absolute Gasteiger partial charge is 0.480 e. The van der Waals surface area contributed by atoms with E-state index in [0.717, 1.165) is 4.47 Å². The van der Waals surface area contributed by atoms with Crippen LogP contribution in [0.2, 0.25) is 0 Å². The van der Waals surface area contributed by atoms with Crippen molar-refractivity contribution in [2.24, 2.45) is 5.92 Å². The fourth-order valence-corrected chi connectivity index (χ4v) is 2.67. The van der Waals surface area contributed by atoms with Crippen LogP contribution in [0.15, 0.2) is 22.8 Å². The minimum absolute atomic E-state index is 0.166. The maximum absolute atomic E-state index is 12.5. The molecule has 0 radical (unpaired) electrons. The van der Waals surface area contributed by atoms with E-state index in [9.17, 15) is 14.7 Å². The maximum atomic E-state index is 12.5. The Hall–Kier alpha value is -1.89. The molecule has 2 aromatic rings. The number of aliphatic carboxylic acids is 1. The fraction of sp³-hybridized carbons (Fsp3) is 0.400. The van der Waals surface area contributed by atoms with Gasteiger partial charge in [-0.1, -0.05) is 13.8 Å². The van der Waals surface area contributed by atoms with Crippen molar-refractivity contribution in [2.75, 3.05) is 0 Å². The first-order valence-electron chi connectivity index (χ1n) is 6.97. The third kappa shape index (κ3) is 3.47. The van der Waals surface area contributed by atoms with Gasteiger partial charge in [0, 0.05) is 10.7 Å². The Labute approximate surface area is 136 Å². The van der Waals surface area contributed by atoms with E-state index in [1.165, 1.54) is 0 Å². The van der Waals surface area contributed by atoms with Crippen molar-refractivity contribution in [3.05, 3.63) is 34.2 Å². The number of carbonyl (C=O) groups is 2. The second kappa shape index (κ2) is 6.48. The van der Waals surface area contributed by atoms with Crippen LogP contribution in [0.5, 0.6) is 0 Å². The second-order valence-electron chi connectivity index (χ2n) is 5.62. The lowest BCUT2D eigenvalue weighted by molar-refractivity contribution is -0.139. The summed E-state index contributed by atoms with van der Waals surface area (Å²) in [4.78, 5) is 28.1. The summed E-state index contributed by atoms with van der Waals surface area (Å²) in [5.74, 6) is -1.30. The number of aryl methyl sites for hydroxylation is 1. The van der Waals surface area contributed by atoms with Crippen molar-refractivity contribution in [2.45, 2.75) is 33.2 Å². The van der Waals surface area contributed by atoms with Crippen LogP contribution in [0.3, 0.4) is 0 Å². The number of halogens is 1. The molecule has 1 atom stereocenters. The number of aromatic nitrogens is 2. The molecular weight excluding hydrogens is 350 g/mol. The fourth-order valence-electron chi connectivity index (χ4n) is 2.33. The monoisotopic (exact) mass is 367 g/mol. The molecule has 7 heteroatoms. The summed E-state index contributed by atoms with van der Waals surface area (Å²) in [6.07, 6.45) is 2.11. The number of imidazole rings is 1. The highest BCUT2D eigenvalue weighted by molar-refractivity contribution is 9.10. The smallest absolute Gasteiger partial charge is 0.326 e. The van der Waals surface area contributed by atoms with Gasteiger partial charge in [0.2, 0.25) is 0 Å². The highest BCUT2D eigenvalue weighted by Crippen LogP contribution is 2.17. The Bertz CT molecular complexity index is 724. The van der Waals surface area contributed by atoms with Gasteiger partial charge in [-0.2, -0.15) is 0 Å². The SMILES string of the molecule is Cc1nc2ccc(Br)cn2c1C(=O)NC(CC(C)C)C(=O)O. The van der Waals surface area contributed by atoms with Crippen LogP contribution < -0.4 is 5.32 Å². The topological polar surface area (TPSA) is 83.7 Å². The molecule has 0 saturated carbocycles. The van der Waals surface area contributed by atoms with Gasteiger partial charge in [-0.15, -0.1) is 0 Å². The van der Waals surface area contributed by atoms with E-state index in [-0.39, 0.29) is 5.92 Å². The zero-order valence-corrected chi connectivity index (χ0v) is 14.2. The Morgan fingerprint density at radius 2 is 2.09 bits per heavy atom. The van der Waals surface area contributed by atoms with E-state index >= 15 is 0 Å². The van der Waals surface area contributed by atoms with Gasteiger partial charge in [-0.05, 0) is 47.3 Å². The molecule has 1 amide bonds. The first-order chi connectivity index (χ1) is 10.3. The van der Waals surface area contributed by atoms with Crippen molar-refractivity contribution in [1.82, 2.24) is 14.7 Å². The average molecular weight is 368 g/mol. The van der Waals surface area contributed by atoms with Crippen LogP contribution in [0.1, 0.15) is 36.5 Å². The van der Waals surface area contributed by atoms with E-state index in [0.29, 0.717) is 23.5 Å². The number of carbonyl (C=O) groups excluding carboxylic acids is 1. The molecule has 0 fully saturated rings.